The number of halogens is 2. The van der Waals surface area contributed by atoms with E-state index >= 15 is 0 Å². The summed E-state index contributed by atoms with van der Waals surface area (Å²) in [6, 6.07) is 14.0. The van der Waals surface area contributed by atoms with Gasteiger partial charge in [-0.05, 0) is 48.2 Å². The second kappa shape index (κ2) is 8.72. The summed E-state index contributed by atoms with van der Waals surface area (Å²) in [4.78, 5) is 9.06. The fourth-order valence-electron chi connectivity index (χ4n) is 2.39. The van der Waals surface area contributed by atoms with Gasteiger partial charge in [0, 0.05) is 16.8 Å². The molecule has 140 valence electrons. The van der Waals surface area contributed by atoms with Crippen LogP contribution in [0.15, 0.2) is 53.7 Å². The molecule has 0 unspecified atom stereocenters. The van der Waals surface area contributed by atoms with Gasteiger partial charge >= 0.3 is 0 Å². The molecule has 3 nitrogen and oxygen atoms in total. The van der Waals surface area contributed by atoms with Gasteiger partial charge < -0.3 is 4.74 Å². The van der Waals surface area contributed by atoms with Gasteiger partial charge in [0.25, 0.3) is 0 Å². The predicted octanol–water partition coefficient (Wildman–Crippen LogP) is 6.79. The Morgan fingerprint density at radius 1 is 1.11 bits per heavy atom. The van der Waals surface area contributed by atoms with E-state index in [9.17, 15) is 4.39 Å². The Labute approximate surface area is 168 Å². The van der Waals surface area contributed by atoms with Crippen molar-refractivity contribution in [1.29, 1.82) is 0 Å². The Morgan fingerprint density at radius 3 is 2.59 bits per heavy atom. The van der Waals surface area contributed by atoms with Crippen LogP contribution in [0.1, 0.15) is 36.6 Å². The second-order valence-corrected chi connectivity index (χ2v) is 7.81. The first-order valence-corrected chi connectivity index (χ1v) is 9.98. The van der Waals surface area contributed by atoms with Gasteiger partial charge in [-0.25, -0.2) is 9.37 Å². The van der Waals surface area contributed by atoms with Gasteiger partial charge in [-0.1, -0.05) is 55.4 Å². The van der Waals surface area contributed by atoms with Crippen LogP contribution in [0, 0.1) is 12.7 Å². The summed E-state index contributed by atoms with van der Waals surface area (Å²) in [7, 11) is 0. The zero-order chi connectivity index (χ0) is 19.4. The van der Waals surface area contributed by atoms with Crippen LogP contribution < -0.4 is 4.74 Å². The quantitative estimate of drug-likeness (QED) is 0.336. The third-order valence-corrected chi connectivity index (χ3v) is 5.28. The SMILES string of the molecule is Cc1cc(Oc2cc(C(C)C)nc(SCc3ccccc3F)n2)ccc1Cl. The lowest BCUT2D eigenvalue weighted by Gasteiger charge is -2.12. The molecule has 3 aromatic rings. The Hall–Kier alpha value is -2.11. The highest BCUT2D eigenvalue weighted by atomic mass is 35.5. The Morgan fingerprint density at radius 2 is 1.89 bits per heavy atom. The molecule has 1 heterocycles. The zero-order valence-corrected chi connectivity index (χ0v) is 16.9. The maximum Gasteiger partial charge on any atom is 0.223 e. The van der Waals surface area contributed by atoms with Crippen molar-refractivity contribution >= 4 is 23.4 Å². The fourth-order valence-corrected chi connectivity index (χ4v) is 3.35. The van der Waals surface area contributed by atoms with Gasteiger partial charge in [-0.15, -0.1) is 0 Å². The van der Waals surface area contributed by atoms with E-state index < -0.39 is 0 Å². The van der Waals surface area contributed by atoms with Crippen molar-refractivity contribution in [2.75, 3.05) is 0 Å². The standard InChI is InChI=1S/C21H20ClFN2OS/c1-13(2)19-11-20(26-16-8-9-17(22)14(3)10-16)25-21(24-19)27-12-15-6-4-5-7-18(15)23/h4-11,13H,12H2,1-3H3. The predicted molar refractivity (Wildman–Crippen MR) is 108 cm³/mol. The third-order valence-electron chi connectivity index (χ3n) is 3.96. The van der Waals surface area contributed by atoms with Crippen LogP contribution in [-0.4, -0.2) is 9.97 Å². The van der Waals surface area contributed by atoms with Crippen molar-refractivity contribution in [2.45, 2.75) is 37.6 Å². The fraction of sp³-hybridized carbons (Fsp3) is 0.238. The smallest absolute Gasteiger partial charge is 0.223 e. The molecule has 0 amide bonds. The molecule has 0 aliphatic heterocycles. The second-order valence-electron chi connectivity index (χ2n) is 6.46. The van der Waals surface area contributed by atoms with Gasteiger partial charge in [0.2, 0.25) is 5.88 Å². The largest absolute Gasteiger partial charge is 0.439 e. The van der Waals surface area contributed by atoms with Crippen LogP contribution in [0.25, 0.3) is 0 Å². The molecule has 3 rings (SSSR count). The summed E-state index contributed by atoms with van der Waals surface area (Å²) in [5.74, 6) is 1.57. The van der Waals surface area contributed by atoms with Gasteiger partial charge in [-0.2, -0.15) is 4.98 Å². The Balaban J connectivity index is 1.83. The number of hydrogen-bond donors (Lipinski definition) is 0. The van der Waals surface area contributed by atoms with Gasteiger partial charge in [-0.3, -0.25) is 0 Å². The summed E-state index contributed by atoms with van der Waals surface area (Å²) >= 11 is 7.46. The van der Waals surface area contributed by atoms with E-state index in [1.807, 2.05) is 25.1 Å². The molecular formula is C21H20ClFN2OS. The highest BCUT2D eigenvalue weighted by molar-refractivity contribution is 7.98. The first kappa shape index (κ1) is 19.6. The van der Waals surface area contributed by atoms with E-state index in [2.05, 4.69) is 23.8 Å². The number of ether oxygens (including phenoxy) is 1. The van der Waals surface area contributed by atoms with Crippen molar-refractivity contribution in [3.05, 3.63) is 76.2 Å². The highest BCUT2D eigenvalue weighted by Crippen LogP contribution is 2.29. The van der Waals surface area contributed by atoms with E-state index in [-0.39, 0.29) is 11.7 Å². The van der Waals surface area contributed by atoms with E-state index in [4.69, 9.17) is 16.3 Å². The minimum Gasteiger partial charge on any atom is -0.439 e. The van der Waals surface area contributed by atoms with E-state index in [0.29, 0.717) is 33.1 Å². The first-order chi connectivity index (χ1) is 12.9. The van der Waals surface area contributed by atoms with Gasteiger partial charge in [0.1, 0.15) is 11.6 Å². The highest BCUT2D eigenvalue weighted by Gasteiger charge is 2.12. The number of aryl methyl sites for hydroxylation is 1. The molecule has 0 aliphatic rings. The monoisotopic (exact) mass is 402 g/mol. The van der Waals surface area contributed by atoms with Crippen LogP contribution in [0.4, 0.5) is 4.39 Å². The lowest BCUT2D eigenvalue weighted by molar-refractivity contribution is 0.452. The summed E-state index contributed by atoms with van der Waals surface area (Å²) in [6.45, 7) is 6.04. The van der Waals surface area contributed by atoms with Crippen molar-refractivity contribution in [3.63, 3.8) is 0 Å². The van der Waals surface area contributed by atoms with Crippen LogP contribution in [-0.2, 0) is 5.75 Å². The Kier molecular flexibility index (Phi) is 6.34. The zero-order valence-electron chi connectivity index (χ0n) is 15.4. The Bertz CT molecular complexity index is 949. The topological polar surface area (TPSA) is 35.0 Å². The number of aromatic nitrogens is 2. The maximum atomic E-state index is 13.8. The van der Waals surface area contributed by atoms with Crippen LogP contribution in [0.2, 0.25) is 5.02 Å². The lowest BCUT2D eigenvalue weighted by Crippen LogP contribution is -2.00. The molecular weight excluding hydrogens is 383 g/mol. The number of rotatable bonds is 6. The van der Waals surface area contributed by atoms with Crippen molar-refractivity contribution < 1.29 is 9.13 Å². The van der Waals surface area contributed by atoms with E-state index in [1.165, 1.54) is 17.8 Å². The molecule has 0 atom stereocenters. The van der Waals surface area contributed by atoms with Gasteiger partial charge in [0.15, 0.2) is 5.16 Å². The molecule has 0 N–H and O–H groups in total. The minimum atomic E-state index is -0.224. The van der Waals surface area contributed by atoms with Crippen LogP contribution in [0.3, 0.4) is 0 Å². The molecule has 0 aliphatic carbocycles. The van der Waals surface area contributed by atoms with Crippen LogP contribution in [0.5, 0.6) is 11.6 Å². The summed E-state index contributed by atoms with van der Waals surface area (Å²) < 4.78 is 19.8. The molecule has 1 aromatic heterocycles. The number of thioether (sulfide) groups is 1. The number of benzene rings is 2. The van der Waals surface area contributed by atoms with Gasteiger partial charge in [0.05, 0.1) is 5.69 Å². The van der Waals surface area contributed by atoms with E-state index in [0.717, 1.165) is 11.3 Å². The molecule has 0 fully saturated rings. The molecule has 2 aromatic carbocycles. The molecule has 0 saturated carbocycles. The van der Waals surface area contributed by atoms with Crippen LogP contribution >= 0.6 is 23.4 Å². The first-order valence-electron chi connectivity index (χ1n) is 8.61. The molecule has 27 heavy (non-hydrogen) atoms. The third kappa shape index (κ3) is 5.21. The number of nitrogens with zero attached hydrogens (tertiary/aromatic N) is 2. The molecule has 0 saturated heterocycles. The average Bonchev–Trinajstić information content (AvgIpc) is 2.64. The minimum absolute atomic E-state index is 0.218. The maximum absolute atomic E-state index is 13.8. The molecule has 0 bridgehead atoms. The summed E-state index contributed by atoms with van der Waals surface area (Å²) in [5.41, 5.74) is 2.43. The average molecular weight is 403 g/mol. The summed E-state index contributed by atoms with van der Waals surface area (Å²) in [6.07, 6.45) is 0. The van der Waals surface area contributed by atoms with Crippen molar-refractivity contribution in [3.8, 4) is 11.6 Å². The molecule has 0 spiro atoms. The number of hydrogen-bond acceptors (Lipinski definition) is 4. The molecule has 6 heteroatoms. The normalized spacial score (nSPS) is 11.0. The molecule has 0 radical (unpaired) electrons. The lowest BCUT2D eigenvalue weighted by atomic mass is 10.1. The van der Waals surface area contributed by atoms with Crippen molar-refractivity contribution in [2.24, 2.45) is 0 Å². The van der Waals surface area contributed by atoms with Crippen molar-refractivity contribution in [1.82, 2.24) is 9.97 Å². The summed E-state index contributed by atoms with van der Waals surface area (Å²) in [5, 5.41) is 1.25. The van der Waals surface area contributed by atoms with E-state index in [1.54, 1.807) is 24.3 Å².